The van der Waals surface area contributed by atoms with Gasteiger partial charge >= 0.3 is 17.8 Å². The van der Waals surface area contributed by atoms with Crippen molar-refractivity contribution in [3.8, 4) is 5.75 Å². The summed E-state index contributed by atoms with van der Waals surface area (Å²) in [6.07, 6.45) is -5.48. The number of amides is 1. The number of benzene rings is 1. The topological polar surface area (TPSA) is 76.7 Å². The standard InChI is InChI=1S/C15H18ClF3N2O4/c1-4-12(22)21-14(15(17,18)19,13(23)25-5-2)20-10-8-9(16)6-7-11(10)24-3/h6-8,20H,4-5H2,1-3H3,(H,21,22). The van der Waals surface area contributed by atoms with Crippen LogP contribution in [-0.4, -0.2) is 37.4 Å². The minimum absolute atomic E-state index is 0.00642. The Morgan fingerprint density at radius 2 is 1.88 bits per heavy atom. The fraction of sp³-hybridized carbons (Fsp3) is 0.467. The summed E-state index contributed by atoms with van der Waals surface area (Å²) < 4.78 is 51.0. The van der Waals surface area contributed by atoms with Gasteiger partial charge in [0.2, 0.25) is 5.91 Å². The van der Waals surface area contributed by atoms with E-state index in [1.54, 1.807) is 5.32 Å². The summed E-state index contributed by atoms with van der Waals surface area (Å²) in [5.41, 5.74) is -3.73. The van der Waals surface area contributed by atoms with Crippen LogP contribution in [0.5, 0.6) is 5.75 Å². The van der Waals surface area contributed by atoms with Crippen LogP contribution in [0, 0.1) is 0 Å². The molecule has 25 heavy (non-hydrogen) atoms. The van der Waals surface area contributed by atoms with Crippen LogP contribution in [0.4, 0.5) is 18.9 Å². The highest BCUT2D eigenvalue weighted by Crippen LogP contribution is 2.37. The fourth-order valence-corrected chi connectivity index (χ4v) is 2.08. The molecule has 1 amide bonds. The molecule has 1 unspecified atom stereocenters. The molecule has 0 radical (unpaired) electrons. The number of esters is 1. The summed E-state index contributed by atoms with van der Waals surface area (Å²) >= 11 is 5.81. The second-order valence-electron chi connectivity index (χ2n) is 4.84. The van der Waals surface area contributed by atoms with Crippen LogP contribution in [0.25, 0.3) is 0 Å². The first-order chi connectivity index (χ1) is 11.6. The van der Waals surface area contributed by atoms with Gasteiger partial charge in [-0.15, -0.1) is 0 Å². The average molecular weight is 383 g/mol. The fourth-order valence-electron chi connectivity index (χ4n) is 1.91. The number of halogens is 4. The van der Waals surface area contributed by atoms with Gasteiger partial charge in [0, 0.05) is 11.4 Å². The van der Waals surface area contributed by atoms with E-state index in [1.807, 2.05) is 5.32 Å². The molecule has 0 bridgehead atoms. The van der Waals surface area contributed by atoms with E-state index in [1.165, 1.54) is 33.1 Å². The van der Waals surface area contributed by atoms with Crippen molar-refractivity contribution >= 4 is 29.2 Å². The molecular weight excluding hydrogens is 365 g/mol. The van der Waals surface area contributed by atoms with Crippen molar-refractivity contribution in [3.05, 3.63) is 23.2 Å². The van der Waals surface area contributed by atoms with Gasteiger partial charge in [-0.25, -0.2) is 4.79 Å². The van der Waals surface area contributed by atoms with Gasteiger partial charge in [0.05, 0.1) is 19.4 Å². The van der Waals surface area contributed by atoms with Gasteiger partial charge in [-0.05, 0) is 25.1 Å². The number of carbonyl (C=O) groups excluding carboxylic acids is 2. The summed E-state index contributed by atoms with van der Waals surface area (Å²) in [6.45, 7) is 2.38. The molecule has 1 rings (SSSR count). The molecule has 0 aliphatic heterocycles. The number of ether oxygens (including phenoxy) is 2. The maximum Gasteiger partial charge on any atom is 0.441 e. The lowest BCUT2D eigenvalue weighted by atomic mass is 10.1. The molecule has 6 nitrogen and oxygen atoms in total. The van der Waals surface area contributed by atoms with Crippen LogP contribution in [0.15, 0.2) is 18.2 Å². The largest absolute Gasteiger partial charge is 0.495 e. The number of anilines is 1. The van der Waals surface area contributed by atoms with Crippen LogP contribution < -0.4 is 15.4 Å². The molecule has 0 aromatic heterocycles. The maximum atomic E-state index is 13.8. The molecular formula is C15H18ClF3N2O4. The van der Waals surface area contributed by atoms with E-state index in [9.17, 15) is 22.8 Å². The van der Waals surface area contributed by atoms with Gasteiger partial charge in [0.15, 0.2) is 0 Å². The summed E-state index contributed by atoms with van der Waals surface area (Å²) in [5, 5.41) is 3.78. The quantitative estimate of drug-likeness (QED) is 0.559. The monoisotopic (exact) mass is 382 g/mol. The normalized spacial score (nSPS) is 13.6. The van der Waals surface area contributed by atoms with Crippen molar-refractivity contribution in [2.45, 2.75) is 32.1 Å². The molecule has 140 valence electrons. The molecule has 0 fully saturated rings. The van der Waals surface area contributed by atoms with Gasteiger partial charge in [0.25, 0.3) is 0 Å². The van der Waals surface area contributed by atoms with Crippen molar-refractivity contribution in [1.29, 1.82) is 0 Å². The summed E-state index contributed by atoms with van der Waals surface area (Å²) in [6, 6.07) is 3.85. The van der Waals surface area contributed by atoms with Crippen molar-refractivity contribution in [2.24, 2.45) is 0 Å². The molecule has 0 aliphatic rings. The van der Waals surface area contributed by atoms with E-state index in [0.29, 0.717) is 0 Å². The molecule has 1 aromatic carbocycles. The van der Waals surface area contributed by atoms with Crippen LogP contribution in [0.1, 0.15) is 20.3 Å². The third kappa shape index (κ3) is 4.68. The zero-order valence-electron chi connectivity index (χ0n) is 13.8. The number of alkyl halides is 3. The Balaban J connectivity index is 3.50. The number of methoxy groups -OCH3 is 1. The Hall–Kier alpha value is -2.16. The Labute approximate surface area is 147 Å². The highest BCUT2D eigenvalue weighted by molar-refractivity contribution is 6.31. The van der Waals surface area contributed by atoms with Gasteiger partial charge in [-0.3, -0.25) is 4.79 Å². The molecule has 1 aromatic rings. The highest BCUT2D eigenvalue weighted by atomic mass is 35.5. The van der Waals surface area contributed by atoms with E-state index in [4.69, 9.17) is 16.3 Å². The lowest BCUT2D eigenvalue weighted by Gasteiger charge is -2.35. The second-order valence-corrected chi connectivity index (χ2v) is 5.28. The lowest BCUT2D eigenvalue weighted by molar-refractivity contribution is -0.207. The third-order valence-corrected chi connectivity index (χ3v) is 3.37. The molecule has 2 N–H and O–H groups in total. The predicted octanol–water partition coefficient (Wildman–Crippen LogP) is 3.11. The molecule has 0 spiro atoms. The lowest BCUT2D eigenvalue weighted by Crippen LogP contribution is -2.69. The van der Waals surface area contributed by atoms with Gasteiger partial charge in [-0.1, -0.05) is 18.5 Å². The van der Waals surface area contributed by atoms with Crippen LogP contribution in [0.2, 0.25) is 5.02 Å². The van der Waals surface area contributed by atoms with Gasteiger partial charge < -0.3 is 20.1 Å². The third-order valence-electron chi connectivity index (χ3n) is 3.14. The molecule has 0 saturated carbocycles. The van der Waals surface area contributed by atoms with E-state index < -0.39 is 23.7 Å². The zero-order chi connectivity index (χ0) is 19.3. The van der Waals surface area contributed by atoms with Crippen molar-refractivity contribution < 1.29 is 32.2 Å². The summed E-state index contributed by atoms with van der Waals surface area (Å²) in [4.78, 5) is 23.8. The zero-order valence-corrected chi connectivity index (χ0v) is 14.5. The Morgan fingerprint density at radius 1 is 1.24 bits per heavy atom. The van der Waals surface area contributed by atoms with Crippen LogP contribution >= 0.6 is 11.6 Å². The molecule has 0 saturated heterocycles. The Kier molecular flexibility index (Phi) is 6.92. The number of hydrogen-bond acceptors (Lipinski definition) is 5. The molecule has 1 atom stereocenters. The van der Waals surface area contributed by atoms with E-state index >= 15 is 0 Å². The predicted molar refractivity (Wildman–Crippen MR) is 85.5 cm³/mol. The molecule has 0 heterocycles. The van der Waals surface area contributed by atoms with E-state index in [-0.39, 0.29) is 29.5 Å². The van der Waals surface area contributed by atoms with E-state index in [2.05, 4.69) is 4.74 Å². The number of hydrogen-bond donors (Lipinski definition) is 2. The summed E-state index contributed by atoms with van der Waals surface area (Å²) in [5.74, 6) is -2.71. The average Bonchev–Trinajstić information content (AvgIpc) is 2.53. The van der Waals surface area contributed by atoms with Gasteiger partial charge in [0.1, 0.15) is 5.75 Å². The first kappa shape index (κ1) is 20.9. The SMILES string of the molecule is CCOC(=O)C(NC(=O)CC)(Nc1cc(Cl)ccc1OC)C(F)(F)F. The highest BCUT2D eigenvalue weighted by Gasteiger charge is 2.63. The Bertz CT molecular complexity index is 640. The first-order valence-corrected chi connectivity index (χ1v) is 7.65. The molecule has 0 aliphatic carbocycles. The summed E-state index contributed by atoms with van der Waals surface area (Å²) in [7, 11) is 1.23. The van der Waals surface area contributed by atoms with Crippen LogP contribution in [-0.2, 0) is 14.3 Å². The second kappa shape index (κ2) is 8.28. The molecule has 10 heteroatoms. The minimum Gasteiger partial charge on any atom is -0.495 e. The van der Waals surface area contributed by atoms with Crippen molar-refractivity contribution in [3.63, 3.8) is 0 Å². The van der Waals surface area contributed by atoms with Crippen LogP contribution in [0.3, 0.4) is 0 Å². The van der Waals surface area contributed by atoms with Crippen molar-refractivity contribution in [1.82, 2.24) is 5.32 Å². The Morgan fingerprint density at radius 3 is 2.36 bits per heavy atom. The number of nitrogens with one attached hydrogen (secondary N) is 2. The number of rotatable bonds is 7. The smallest absolute Gasteiger partial charge is 0.441 e. The maximum absolute atomic E-state index is 13.8. The van der Waals surface area contributed by atoms with Crippen molar-refractivity contribution in [2.75, 3.05) is 19.0 Å². The van der Waals surface area contributed by atoms with E-state index in [0.717, 1.165) is 6.07 Å². The first-order valence-electron chi connectivity index (χ1n) is 7.28. The minimum atomic E-state index is -5.21. The number of carbonyl (C=O) groups is 2. The van der Waals surface area contributed by atoms with Gasteiger partial charge in [-0.2, -0.15) is 13.2 Å².